The first kappa shape index (κ1) is 17.8. The number of hydrogen-bond donors (Lipinski definition) is 1. The van der Waals surface area contributed by atoms with Gasteiger partial charge in [0.1, 0.15) is 5.75 Å². The van der Waals surface area contributed by atoms with E-state index in [0.29, 0.717) is 6.54 Å². The summed E-state index contributed by atoms with van der Waals surface area (Å²) in [6, 6.07) is 5.97. The van der Waals surface area contributed by atoms with Crippen LogP contribution in [-0.2, 0) is 0 Å². The molecule has 0 amide bonds. The number of unbranched alkanes of at least 4 members (excludes halogenated alkanes) is 1. The molecule has 0 aliphatic heterocycles. The van der Waals surface area contributed by atoms with E-state index in [9.17, 15) is 13.2 Å². The summed E-state index contributed by atoms with van der Waals surface area (Å²) in [5, 5.41) is 0. The topological polar surface area (TPSA) is 38.5 Å². The van der Waals surface area contributed by atoms with Gasteiger partial charge in [-0.2, -0.15) is 0 Å². The standard InChI is InChI=1S/C15H23F3N2O/c1-3-5-9-20(4-2)14(11-19)12-7-6-8-13(10-12)21-15(16,17)18/h6-8,10,14H,3-5,9,11,19H2,1-2H3. The van der Waals surface area contributed by atoms with Crippen LogP contribution in [0.15, 0.2) is 24.3 Å². The van der Waals surface area contributed by atoms with Crippen molar-refractivity contribution >= 4 is 0 Å². The van der Waals surface area contributed by atoms with E-state index in [2.05, 4.69) is 16.6 Å². The predicted molar refractivity (Wildman–Crippen MR) is 77.1 cm³/mol. The fourth-order valence-corrected chi connectivity index (χ4v) is 2.31. The molecule has 21 heavy (non-hydrogen) atoms. The molecular weight excluding hydrogens is 281 g/mol. The Morgan fingerprint density at radius 2 is 2.00 bits per heavy atom. The van der Waals surface area contributed by atoms with E-state index < -0.39 is 6.36 Å². The molecule has 1 aromatic rings. The minimum absolute atomic E-state index is 0.0988. The Hall–Kier alpha value is -1.27. The van der Waals surface area contributed by atoms with Crippen LogP contribution in [-0.4, -0.2) is 30.9 Å². The SMILES string of the molecule is CCCCN(CC)C(CN)c1cccc(OC(F)(F)F)c1. The van der Waals surface area contributed by atoms with Crippen molar-refractivity contribution in [2.24, 2.45) is 5.73 Å². The smallest absolute Gasteiger partial charge is 0.406 e. The van der Waals surface area contributed by atoms with Crippen LogP contribution in [0.5, 0.6) is 5.75 Å². The maximum atomic E-state index is 12.3. The number of nitrogens with zero attached hydrogens (tertiary/aromatic N) is 1. The van der Waals surface area contributed by atoms with E-state index in [1.165, 1.54) is 12.1 Å². The second kappa shape index (κ2) is 8.24. The fourth-order valence-electron chi connectivity index (χ4n) is 2.31. The van der Waals surface area contributed by atoms with E-state index in [1.807, 2.05) is 6.92 Å². The molecule has 0 spiro atoms. The molecule has 1 aromatic carbocycles. The van der Waals surface area contributed by atoms with E-state index in [-0.39, 0.29) is 11.8 Å². The van der Waals surface area contributed by atoms with E-state index in [1.54, 1.807) is 12.1 Å². The largest absolute Gasteiger partial charge is 0.573 e. The van der Waals surface area contributed by atoms with Gasteiger partial charge in [-0.05, 0) is 37.2 Å². The monoisotopic (exact) mass is 304 g/mol. The van der Waals surface area contributed by atoms with Gasteiger partial charge in [0.15, 0.2) is 0 Å². The van der Waals surface area contributed by atoms with Gasteiger partial charge in [0.25, 0.3) is 0 Å². The molecule has 0 aliphatic rings. The Morgan fingerprint density at radius 1 is 1.29 bits per heavy atom. The summed E-state index contributed by atoms with van der Waals surface area (Å²) in [6.45, 7) is 6.15. The third-order valence-electron chi connectivity index (χ3n) is 3.35. The van der Waals surface area contributed by atoms with Crippen LogP contribution in [0.4, 0.5) is 13.2 Å². The van der Waals surface area contributed by atoms with Gasteiger partial charge < -0.3 is 10.5 Å². The minimum atomic E-state index is -4.68. The molecule has 1 atom stereocenters. The first-order valence-electron chi connectivity index (χ1n) is 7.21. The Kier molecular flexibility index (Phi) is 6.98. The van der Waals surface area contributed by atoms with Crippen molar-refractivity contribution in [3.05, 3.63) is 29.8 Å². The van der Waals surface area contributed by atoms with Crippen molar-refractivity contribution in [3.63, 3.8) is 0 Å². The molecule has 0 saturated heterocycles. The molecule has 0 bridgehead atoms. The van der Waals surface area contributed by atoms with Crippen LogP contribution < -0.4 is 10.5 Å². The van der Waals surface area contributed by atoms with Gasteiger partial charge in [0, 0.05) is 12.6 Å². The highest BCUT2D eigenvalue weighted by Gasteiger charge is 2.31. The third-order valence-corrected chi connectivity index (χ3v) is 3.35. The average Bonchev–Trinajstić information content (AvgIpc) is 2.41. The van der Waals surface area contributed by atoms with Crippen LogP contribution in [0.25, 0.3) is 0 Å². The number of hydrogen-bond acceptors (Lipinski definition) is 3. The molecular formula is C15H23F3N2O. The summed E-state index contributed by atoms with van der Waals surface area (Å²) in [5.41, 5.74) is 6.57. The molecule has 0 radical (unpaired) electrons. The zero-order valence-electron chi connectivity index (χ0n) is 12.5. The van der Waals surface area contributed by atoms with Gasteiger partial charge in [-0.15, -0.1) is 13.2 Å². The zero-order chi connectivity index (χ0) is 15.9. The summed E-state index contributed by atoms with van der Waals surface area (Å²) in [6.07, 6.45) is -2.59. The van der Waals surface area contributed by atoms with Crippen molar-refractivity contribution in [2.45, 2.75) is 39.1 Å². The maximum absolute atomic E-state index is 12.3. The van der Waals surface area contributed by atoms with Gasteiger partial charge in [0.2, 0.25) is 0 Å². The Bertz CT molecular complexity index is 424. The first-order chi connectivity index (χ1) is 9.91. The third kappa shape index (κ3) is 5.93. The number of nitrogens with two attached hydrogens (primary N) is 1. The van der Waals surface area contributed by atoms with Crippen LogP contribution in [0, 0.1) is 0 Å². The van der Waals surface area contributed by atoms with Crippen molar-refractivity contribution in [1.82, 2.24) is 4.90 Å². The van der Waals surface area contributed by atoms with Crippen molar-refractivity contribution in [3.8, 4) is 5.75 Å². The van der Waals surface area contributed by atoms with Crippen molar-refractivity contribution in [1.29, 1.82) is 0 Å². The van der Waals surface area contributed by atoms with E-state index >= 15 is 0 Å². The van der Waals surface area contributed by atoms with Gasteiger partial charge in [0.05, 0.1) is 0 Å². The molecule has 3 nitrogen and oxygen atoms in total. The summed E-state index contributed by atoms with van der Waals surface area (Å²) in [7, 11) is 0. The molecule has 2 N–H and O–H groups in total. The highest BCUT2D eigenvalue weighted by Crippen LogP contribution is 2.27. The molecule has 0 saturated carbocycles. The Morgan fingerprint density at radius 3 is 2.52 bits per heavy atom. The van der Waals surface area contributed by atoms with Crippen molar-refractivity contribution < 1.29 is 17.9 Å². The summed E-state index contributed by atoms with van der Waals surface area (Å²) < 4.78 is 40.8. The molecule has 120 valence electrons. The Balaban J connectivity index is 2.91. The van der Waals surface area contributed by atoms with Crippen LogP contribution >= 0.6 is 0 Å². The normalized spacial score (nSPS) is 13.5. The number of ether oxygens (including phenoxy) is 1. The number of benzene rings is 1. The molecule has 0 fully saturated rings. The highest BCUT2D eigenvalue weighted by molar-refractivity contribution is 5.31. The second-order valence-corrected chi connectivity index (χ2v) is 4.85. The summed E-state index contributed by atoms with van der Waals surface area (Å²) >= 11 is 0. The number of likely N-dealkylation sites (N-methyl/N-ethyl adjacent to an activating group) is 1. The molecule has 1 rings (SSSR count). The molecule has 1 unspecified atom stereocenters. The van der Waals surface area contributed by atoms with Crippen LogP contribution in [0.1, 0.15) is 38.3 Å². The van der Waals surface area contributed by atoms with E-state index in [4.69, 9.17) is 5.73 Å². The van der Waals surface area contributed by atoms with Gasteiger partial charge in [-0.25, -0.2) is 0 Å². The van der Waals surface area contributed by atoms with Crippen LogP contribution in [0.2, 0.25) is 0 Å². The molecule has 6 heteroatoms. The number of rotatable bonds is 8. The fraction of sp³-hybridized carbons (Fsp3) is 0.600. The summed E-state index contributed by atoms with van der Waals surface area (Å²) in [4.78, 5) is 2.18. The number of alkyl halides is 3. The van der Waals surface area contributed by atoms with Crippen LogP contribution in [0.3, 0.4) is 0 Å². The van der Waals surface area contributed by atoms with Gasteiger partial charge in [-0.1, -0.05) is 32.4 Å². The maximum Gasteiger partial charge on any atom is 0.573 e. The lowest BCUT2D eigenvalue weighted by molar-refractivity contribution is -0.274. The quantitative estimate of drug-likeness (QED) is 0.795. The average molecular weight is 304 g/mol. The highest BCUT2D eigenvalue weighted by atomic mass is 19.4. The van der Waals surface area contributed by atoms with Gasteiger partial charge >= 0.3 is 6.36 Å². The molecule has 0 aliphatic carbocycles. The molecule has 0 aromatic heterocycles. The van der Waals surface area contributed by atoms with Crippen molar-refractivity contribution in [2.75, 3.05) is 19.6 Å². The minimum Gasteiger partial charge on any atom is -0.406 e. The lowest BCUT2D eigenvalue weighted by Crippen LogP contribution is -2.34. The molecule has 0 heterocycles. The second-order valence-electron chi connectivity index (χ2n) is 4.85. The predicted octanol–water partition coefficient (Wildman–Crippen LogP) is 3.71. The number of halogens is 3. The lowest BCUT2D eigenvalue weighted by Gasteiger charge is -2.30. The zero-order valence-corrected chi connectivity index (χ0v) is 12.5. The first-order valence-corrected chi connectivity index (χ1v) is 7.21. The summed E-state index contributed by atoms with van der Waals surface area (Å²) in [5.74, 6) is -0.204. The van der Waals surface area contributed by atoms with Gasteiger partial charge in [-0.3, -0.25) is 4.90 Å². The lowest BCUT2D eigenvalue weighted by atomic mass is 10.0. The Labute approximate surface area is 123 Å². The van der Waals surface area contributed by atoms with E-state index in [0.717, 1.165) is 31.5 Å².